The molecule has 21 heavy (non-hydrogen) atoms. The molecule has 0 unspecified atom stereocenters. The van der Waals surface area contributed by atoms with Crippen LogP contribution in [0.1, 0.15) is 16.0 Å². The van der Waals surface area contributed by atoms with Crippen molar-refractivity contribution in [1.82, 2.24) is 4.90 Å². The molecule has 0 aliphatic rings. The maximum Gasteiger partial charge on any atom is 0.328 e. The number of halogens is 1. The van der Waals surface area contributed by atoms with Crippen molar-refractivity contribution in [2.24, 2.45) is 0 Å². The van der Waals surface area contributed by atoms with Crippen molar-refractivity contribution in [2.45, 2.75) is 13.1 Å². The summed E-state index contributed by atoms with van der Waals surface area (Å²) in [5.41, 5.74) is 2.16. The highest BCUT2D eigenvalue weighted by molar-refractivity contribution is 7.10. The minimum atomic E-state index is -0.929. The maximum atomic E-state index is 10.6. The summed E-state index contributed by atoms with van der Waals surface area (Å²) < 4.78 is 0. The van der Waals surface area contributed by atoms with Crippen molar-refractivity contribution in [3.8, 4) is 0 Å². The predicted molar refractivity (Wildman–Crippen MR) is 87.6 cm³/mol. The SMILES string of the molecule is CN(Cc1ccc(Cl)cc1)Cc1sccc1C=CC(=O)O. The summed E-state index contributed by atoms with van der Waals surface area (Å²) in [6.07, 6.45) is 2.81. The zero-order valence-corrected chi connectivity index (χ0v) is 13.2. The van der Waals surface area contributed by atoms with E-state index in [2.05, 4.69) is 4.90 Å². The van der Waals surface area contributed by atoms with E-state index in [0.717, 1.165) is 28.6 Å². The first kappa shape index (κ1) is 15.8. The molecule has 1 heterocycles. The Kier molecular flexibility index (Phi) is 5.56. The van der Waals surface area contributed by atoms with Crippen molar-refractivity contribution in [2.75, 3.05) is 7.05 Å². The van der Waals surface area contributed by atoms with Gasteiger partial charge in [0, 0.05) is 29.1 Å². The van der Waals surface area contributed by atoms with Gasteiger partial charge < -0.3 is 5.11 Å². The normalized spacial score (nSPS) is 11.4. The van der Waals surface area contributed by atoms with Crippen LogP contribution < -0.4 is 0 Å². The van der Waals surface area contributed by atoms with Crippen LogP contribution in [-0.4, -0.2) is 23.0 Å². The highest BCUT2D eigenvalue weighted by atomic mass is 35.5. The van der Waals surface area contributed by atoms with Crippen LogP contribution >= 0.6 is 22.9 Å². The third kappa shape index (κ3) is 5.01. The molecule has 3 nitrogen and oxygen atoms in total. The van der Waals surface area contributed by atoms with Gasteiger partial charge in [0.2, 0.25) is 0 Å². The van der Waals surface area contributed by atoms with E-state index in [1.807, 2.05) is 42.8 Å². The first-order valence-corrected chi connectivity index (χ1v) is 7.70. The monoisotopic (exact) mass is 321 g/mol. The fourth-order valence-corrected chi connectivity index (χ4v) is 3.06. The molecule has 0 saturated carbocycles. The molecule has 1 N–H and O–H groups in total. The lowest BCUT2D eigenvalue weighted by molar-refractivity contribution is -0.131. The van der Waals surface area contributed by atoms with Gasteiger partial charge in [-0.25, -0.2) is 4.79 Å². The Labute approximate surface area is 133 Å². The summed E-state index contributed by atoms with van der Waals surface area (Å²) >= 11 is 7.51. The van der Waals surface area contributed by atoms with Crippen molar-refractivity contribution in [3.05, 3.63) is 62.8 Å². The zero-order chi connectivity index (χ0) is 15.2. The van der Waals surface area contributed by atoms with Crippen LogP contribution in [0.3, 0.4) is 0 Å². The first-order valence-electron chi connectivity index (χ1n) is 6.45. The molecule has 0 bridgehead atoms. The second-order valence-electron chi connectivity index (χ2n) is 4.77. The van der Waals surface area contributed by atoms with Gasteiger partial charge in [-0.2, -0.15) is 0 Å². The average molecular weight is 322 g/mol. The Bertz CT molecular complexity index is 634. The van der Waals surface area contributed by atoms with Gasteiger partial charge in [-0.1, -0.05) is 23.7 Å². The van der Waals surface area contributed by atoms with Crippen LogP contribution in [0, 0.1) is 0 Å². The van der Waals surface area contributed by atoms with Gasteiger partial charge in [-0.15, -0.1) is 11.3 Å². The molecule has 0 atom stereocenters. The Morgan fingerprint density at radius 1 is 1.29 bits per heavy atom. The first-order chi connectivity index (χ1) is 10.0. The fourth-order valence-electron chi connectivity index (χ4n) is 1.99. The van der Waals surface area contributed by atoms with Gasteiger partial charge in [-0.3, -0.25) is 4.90 Å². The quantitative estimate of drug-likeness (QED) is 0.813. The van der Waals surface area contributed by atoms with Crippen LogP contribution in [0.15, 0.2) is 41.8 Å². The third-order valence-electron chi connectivity index (χ3n) is 2.96. The Morgan fingerprint density at radius 3 is 2.67 bits per heavy atom. The summed E-state index contributed by atoms with van der Waals surface area (Å²) in [5.74, 6) is -0.929. The van der Waals surface area contributed by atoms with Crippen molar-refractivity contribution >= 4 is 35.0 Å². The zero-order valence-electron chi connectivity index (χ0n) is 11.6. The van der Waals surface area contributed by atoms with E-state index in [9.17, 15) is 4.79 Å². The Morgan fingerprint density at radius 2 is 2.00 bits per heavy atom. The predicted octanol–water partition coefficient (Wildman–Crippen LogP) is 4.13. The second-order valence-corrected chi connectivity index (χ2v) is 6.21. The summed E-state index contributed by atoms with van der Waals surface area (Å²) in [6, 6.07) is 9.74. The standard InChI is InChI=1S/C16H16ClNO2S/c1-18(10-12-2-5-14(17)6-3-12)11-15-13(8-9-21-15)4-7-16(19)20/h2-9H,10-11H2,1H3,(H,19,20). The Hall–Kier alpha value is -1.62. The summed E-state index contributed by atoms with van der Waals surface area (Å²) in [5, 5.41) is 11.4. The lowest BCUT2D eigenvalue weighted by Crippen LogP contribution is -2.16. The topological polar surface area (TPSA) is 40.5 Å². The highest BCUT2D eigenvalue weighted by Crippen LogP contribution is 2.21. The van der Waals surface area contributed by atoms with E-state index in [1.54, 1.807) is 17.4 Å². The molecule has 0 fully saturated rings. The second kappa shape index (κ2) is 7.41. The molecule has 0 aliphatic heterocycles. The van der Waals surface area contributed by atoms with Gasteiger partial charge in [0.25, 0.3) is 0 Å². The number of hydrogen-bond donors (Lipinski definition) is 1. The highest BCUT2D eigenvalue weighted by Gasteiger charge is 2.07. The van der Waals surface area contributed by atoms with Crippen molar-refractivity contribution < 1.29 is 9.90 Å². The molecule has 0 saturated heterocycles. The van der Waals surface area contributed by atoms with Crippen LogP contribution in [0.2, 0.25) is 5.02 Å². The van der Waals surface area contributed by atoms with E-state index >= 15 is 0 Å². The van der Waals surface area contributed by atoms with Gasteiger partial charge in [0.1, 0.15) is 0 Å². The molecule has 110 valence electrons. The number of carboxylic acid groups (broad SMARTS) is 1. The molecule has 0 spiro atoms. The number of rotatable bonds is 6. The molecule has 0 aliphatic carbocycles. The molecular formula is C16H16ClNO2S. The summed E-state index contributed by atoms with van der Waals surface area (Å²) in [7, 11) is 2.04. The number of nitrogens with zero attached hydrogens (tertiary/aromatic N) is 1. The van der Waals surface area contributed by atoms with Gasteiger partial charge in [-0.05, 0) is 47.8 Å². The maximum absolute atomic E-state index is 10.6. The molecule has 2 rings (SSSR count). The van der Waals surface area contributed by atoms with E-state index in [0.29, 0.717) is 0 Å². The number of benzene rings is 1. The minimum absolute atomic E-state index is 0.737. The average Bonchev–Trinajstić information content (AvgIpc) is 2.86. The lowest BCUT2D eigenvalue weighted by Gasteiger charge is -2.16. The van der Waals surface area contributed by atoms with Crippen molar-refractivity contribution in [1.29, 1.82) is 0 Å². The summed E-state index contributed by atoms with van der Waals surface area (Å²) in [4.78, 5) is 13.9. The Balaban J connectivity index is 1.99. The van der Waals surface area contributed by atoms with Crippen LogP contribution in [-0.2, 0) is 17.9 Å². The molecule has 1 aromatic heterocycles. The molecule has 2 aromatic rings. The minimum Gasteiger partial charge on any atom is -0.478 e. The van der Waals surface area contributed by atoms with E-state index in [1.165, 1.54) is 11.6 Å². The molecule has 1 aromatic carbocycles. The largest absolute Gasteiger partial charge is 0.478 e. The third-order valence-corrected chi connectivity index (χ3v) is 4.14. The number of aliphatic carboxylic acids is 1. The smallest absolute Gasteiger partial charge is 0.328 e. The summed E-state index contributed by atoms with van der Waals surface area (Å²) in [6.45, 7) is 1.59. The number of carbonyl (C=O) groups is 1. The van der Waals surface area contributed by atoms with Gasteiger partial charge in [0.15, 0.2) is 0 Å². The molecular weight excluding hydrogens is 306 g/mol. The molecule has 5 heteroatoms. The van der Waals surface area contributed by atoms with Gasteiger partial charge >= 0.3 is 5.97 Å². The number of hydrogen-bond acceptors (Lipinski definition) is 3. The molecule has 0 amide bonds. The van der Waals surface area contributed by atoms with Gasteiger partial charge in [0.05, 0.1) is 0 Å². The lowest BCUT2D eigenvalue weighted by atomic mass is 10.2. The van der Waals surface area contributed by atoms with Crippen LogP contribution in [0.4, 0.5) is 0 Å². The fraction of sp³-hybridized carbons (Fsp3) is 0.188. The number of carboxylic acids is 1. The van der Waals surface area contributed by atoms with Crippen LogP contribution in [0.25, 0.3) is 6.08 Å². The van der Waals surface area contributed by atoms with E-state index < -0.39 is 5.97 Å². The van der Waals surface area contributed by atoms with E-state index in [4.69, 9.17) is 16.7 Å². The molecule has 0 radical (unpaired) electrons. The van der Waals surface area contributed by atoms with E-state index in [-0.39, 0.29) is 0 Å². The number of thiophene rings is 1. The van der Waals surface area contributed by atoms with Crippen LogP contribution in [0.5, 0.6) is 0 Å². The van der Waals surface area contributed by atoms with Crippen molar-refractivity contribution in [3.63, 3.8) is 0 Å².